The fourth-order valence-corrected chi connectivity index (χ4v) is 1.58. The van der Waals surface area contributed by atoms with Gasteiger partial charge in [-0.2, -0.15) is 0 Å². The molecule has 1 heterocycles. The zero-order chi connectivity index (χ0) is 10.6. The number of thiazole rings is 1. The van der Waals surface area contributed by atoms with E-state index in [2.05, 4.69) is 10.3 Å². The standard InChI is InChI=1S/C9H15N3OS/c1-4-12(3)8(13)5-10-9-11-7(2)6-14-9/h6H,4-5H2,1-3H3,(H,10,11). The molecule has 0 unspecified atom stereocenters. The predicted octanol–water partition coefficient (Wildman–Crippen LogP) is 1.34. The number of hydrogen-bond donors (Lipinski definition) is 1. The number of likely N-dealkylation sites (N-methyl/N-ethyl adjacent to an activating group) is 1. The van der Waals surface area contributed by atoms with Crippen molar-refractivity contribution in [2.45, 2.75) is 13.8 Å². The molecule has 1 amide bonds. The topological polar surface area (TPSA) is 45.2 Å². The van der Waals surface area contributed by atoms with E-state index in [1.54, 1.807) is 11.9 Å². The van der Waals surface area contributed by atoms with E-state index in [-0.39, 0.29) is 5.91 Å². The molecule has 0 saturated heterocycles. The van der Waals surface area contributed by atoms with Crippen LogP contribution in [0.2, 0.25) is 0 Å². The van der Waals surface area contributed by atoms with Gasteiger partial charge in [-0.3, -0.25) is 4.79 Å². The van der Waals surface area contributed by atoms with Gasteiger partial charge in [0.15, 0.2) is 5.13 Å². The molecular weight excluding hydrogens is 198 g/mol. The number of aromatic nitrogens is 1. The van der Waals surface area contributed by atoms with Crippen molar-refractivity contribution in [1.29, 1.82) is 0 Å². The van der Waals surface area contributed by atoms with Crippen LogP contribution in [-0.4, -0.2) is 35.9 Å². The molecule has 5 heteroatoms. The molecule has 14 heavy (non-hydrogen) atoms. The van der Waals surface area contributed by atoms with Crippen LogP contribution in [-0.2, 0) is 4.79 Å². The SMILES string of the molecule is CCN(C)C(=O)CNc1nc(C)cs1. The van der Waals surface area contributed by atoms with E-state index in [0.29, 0.717) is 6.54 Å². The Morgan fingerprint density at radius 1 is 1.71 bits per heavy atom. The number of aryl methyl sites for hydroxylation is 1. The first-order valence-electron chi connectivity index (χ1n) is 4.53. The quantitative estimate of drug-likeness (QED) is 0.821. The van der Waals surface area contributed by atoms with Crippen molar-refractivity contribution in [1.82, 2.24) is 9.88 Å². The summed E-state index contributed by atoms with van der Waals surface area (Å²) in [7, 11) is 1.79. The lowest BCUT2D eigenvalue weighted by molar-refractivity contribution is -0.127. The molecule has 1 N–H and O–H groups in total. The molecule has 78 valence electrons. The van der Waals surface area contributed by atoms with Gasteiger partial charge in [0.05, 0.1) is 12.2 Å². The second-order valence-electron chi connectivity index (χ2n) is 3.06. The molecule has 0 atom stereocenters. The van der Waals surface area contributed by atoms with Crippen molar-refractivity contribution >= 4 is 22.4 Å². The molecule has 0 saturated carbocycles. The predicted molar refractivity (Wildman–Crippen MR) is 58.7 cm³/mol. The molecular formula is C9H15N3OS. The zero-order valence-electron chi connectivity index (χ0n) is 8.70. The Morgan fingerprint density at radius 2 is 2.43 bits per heavy atom. The Bertz CT molecular complexity index is 311. The minimum atomic E-state index is 0.0837. The third-order valence-corrected chi connectivity index (χ3v) is 2.83. The third-order valence-electron chi connectivity index (χ3n) is 1.91. The number of anilines is 1. The maximum atomic E-state index is 11.4. The smallest absolute Gasteiger partial charge is 0.241 e. The highest BCUT2D eigenvalue weighted by atomic mass is 32.1. The van der Waals surface area contributed by atoms with Crippen LogP contribution in [0.15, 0.2) is 5.38 Å². The number of rotatable bonds is 4. The Hall–Kier alpha value is -1.10. The van der Waals surface area contributed by atoms with Crippen LogP contribution < -0.4 is 5.32 Å². The van der Waals surface area contributed by atoms with Crippen LogP contribution in [0, 0.1) is 6.92 Å². The van der Waals surface area contributed by atoms with E-state index in [1.807, 2.05) is 19.2 Å². The summed E-state index contributed by atoms with van der Waals surface area (Å²) in [5.41, 5.74) is 0.980. The second kappa shape index (κ2) is 4.95. The summed E-state index contributed by atoms with van der Waals surface area (Å²) < 4.78 is 0. The van der Waals surface area contributed by atoms with Crippen LogP contribution >= 0.6 is 11.3 Å². The lowest BCUT2D eigenvalue weighted by atomic mass is 10.5. The summed E-state index contributed by atoms with van der Waals surface area (Å²) >= 11 is 1.52. The van der Waals surface area contributed by atoms with Crippen molar-refractivity contribution in [3.8, 4) is 0 Å². The Labute approximate surface area is 88.0 Å². The van der Waals surface area contributed by atoms with Crippen LogP contribution in [0.25, 0.3) is 0 Å². The Morgan fingerprint density at radius 3 is 2.93 bits per heavy atom. The molecule has 0 aliphatic rings. The van der Waals surface area contributed by atoms with Crippen LogP contribution in [0.1, 0.15) is 12.6 Å². The van der Waals surface area contributed by atoms with E-state index in [1.165, 1.54) is 11.3 Å². The van der Waals surface area contributed by atoms with Crippen LogP contribution in [0.4, 0.5) is 5.13 Å². The second-order valence-corrected chi connectivity index (χ2v) is 3.91. The van der Waals surface area contributed by atoms with Crippen molar-refractivity contribution < 1.29 is 4.79 Å². The number of nitrogens with one attached hydrogen (secondary N) is 1. The zero-order valence-corrected chi connectivity index (χ0v) is 9.52. The molecule has 0 radical (unpaired) electrons. The van der Waals surface area contributed by atoms with Gasteiger partial charge >= 0.3 is 0 Å². The lowest BCUT2D eigenvalue weighted by Gasteiger charge is -2.14. The normalized spacial score (nSPS) is 9.93. The van der Waals surface area contributed by atoms with E-state index in [0.717, 1.165) is 17.4 Å². The maximum Gasteiger partial charge on any atom is 0.241 e. The number of amides is 1. The Kier molecular flexibility index (Phi) is 3.88. The molecule has 1 aromatic heterocycles. The van der Waals surface area contributed by atoms with E-state index in [9.17, 15) is 4.79 Å². The first-order valence-corrected chi connectivity index (χ1v) is 5.41. The third kappa shape index (κ3) is 2.99. The molecule has 0 spiro atoms. The number of nitrogens with zero attached hydrogens (tertiary/aromatic N) is 2. The highest BCUT2D eigenvalue weighted by Crippen LogP contribution is 2.13. The lowest BCUT2D eigenvalue weighted by Crippen LogP contribution is -2.31. The van der Waals surface area contributed by atoms with Gasteiger partial charge in [-0.05, 0) is 13.8 Å². The first kappa shape index (κ1) is 11.0. The summed E-state index contributed by atoms with van der Waals surface area (Å²) in [5, 5.41) is 5.76. The Balaban J connectivity index is 2.37. The minimum Gasteiger partial charge on any atom is -0.352 e. The van der Waals surface area contributed by atoms with Crippen molar-refractivity contribution in [3.05, 3.63) is 11.1 Å². The summed E-state index contributed by atoms with van der Waals surface area (Å²) in [6.07, 6.45) is 0. The van der Waals surface area contributed by atoms with E-state index < -0.39 is 0 Å². The molecule has 0 aliphatic carbocycles. The van der Waals surface area contributed by atoms with Crippen LogP contribution in [0.3, 0.4) is 0 Å². The van der Waals surface area contributed by atoms with Crippen molar-refractivity contribution in [3.63, 3.8) is 0 Å². The highest BCUT2D eigenvalue weighted by Gasteiger charge is 2.06. The van der Waals surface area contributed by atoms with E-state index in [4.69, 9.17) is 0 Å². The first-order chi connectivity index (χ1) is 6.63. The van der Waals surface area contributed by atoms with Gasteiger partial charge in [-0.25, -0.2) is 4.98 Å². The number of carbonyl (C=O) groups is 1. The van der Waals surface area contributed by atoms with Crippen molar-refractivity contribution in [2.24, 2.45) is 0 Å². The van der Waals surface area contributed by atoms with Gasteiger partial charge in [0, 0.05) is 19.0 Å². The average Bonchev–Trinajstić information content (AvgIpc) is 2.59. The van der Waals surface area contributed by atoms with Gasteiger partial charge < -0.3 is 10.2 Å². The van der Waals surface area contributed by atoms with Gasteiger partial charge in [-0.1, -0.05) is 0 Å². The molecule has 0 aliphatic heterocycles. The largest absolute Gasteiger partial charge is 0.352 e. The molecule has 0 aromatic carbocycles. The fourth-order valence-electron chi connectivity index (χ4n) is 0.898. The summed E-state index contributed by atoms with van der Waals surface area (Å²) in [4.78, 5) is 17.3. The van der Waals surface area contributed by atoms with Crippen molar-refractivity contribution in [2.75, 3.05) is 25.5 Å². The monoisotopic (exact) mass is 213 g/mol. The molecule has 1 rings (SSSR count). The number of carbonyl (C=O) groups excluding carboxylic acids is 1. The summed E-state index contributed by atoms with van der Waals surface area (Å²) in [6.45, 7) is 4.93. The minimum absolute atomic E-state index is 0.0837. The molecule has 4 nitrogen and oxygen atoms in total. The fraction of sp³-hybridized carbons (Fsp3) is 0.556. The van der Waals surface area contributed by atoms with Gasteiger partial charge in [0.25, 0.3) is 0 Å². The summed E-state index contributed by atoms with van der Waals surface area (Å²) in [6, 6.07) is 0. The van der Waals surface area contributed by atoms with Crippen LogP contribution in [0.5, 0.6) is 0 Å². The number of hydrogen-bond acceptors (Lipinski definition) is 4. The molecule has 0 fully saturated rings. The maximum absolute atomic E-state index is 11.4. The molecule has 0 bridgehead atoms. The molecule has 1 aromatic rings. The van der Waals surface area contributed by atoms with Gasteiger partial charge in [-0.15, -0.1) is 11.3 Å². The van der Waals surface area contributed by atoms with Gasteiger partial charge in [0.1, 0.15) is 0 Å². The summed E-state index contributed by atoms with van der Waals surface area (Å²) in [5.74, 6) is 0.0837. The van der Waals surface area contributed by atoms with E-state index >= 15 is 0 Å². The highest BCUT2D eigenvalue weighted by molar-refractivity contribution is 7.13. The average molecular weight is 213 g/mol. The van der Waals surface area contributed by atoms with Gasteiger partial charge in [0.2, 0.25) is 5.91 Å².